The van der Waals surface area contributed by atoms with Crippen molar-refractivity contribution in [3.8, 4) is 0 Å². The number of rotatable bonds is 3. The Balaban J connectivity index is 2.44. The molecule has 1 atom stereocenters. The highest BCUT2D eigenvalue weighted by Gasteiger charge is 2.25. The average molecular weight is 214 g/mol. The molecule has 2 aromatic rings. The van der Waals surface area contributed by atoms with Gasteiger partial charge in [-0.25, -0.2) is 0 Å². The van der Waals surface area contributed by atoms with Crippen molar-refractivity contribution in [3.05, 3.63) is 76.1 Å². The minimum atomic E-state index is -0.887. The first-order valence-corrected chi connectivity index (χ1v) is 4.88. The first-order chi connectivity index (χ1) is 7.79. The summed E-state index contributed by atoms with van der Waals surface area (Å²) in [7, 11) is 0. The van der Waals surface area contributed by atoms with E-state index in [9.17, 15) is 10.1 Å². The summed E-state index contributed by atoms with van der Waals surface area (Å²) in [5.74, 6) is 0. The SMILES string of the molecule is O=[N+]([O-])C(c1ccccc1)c1ccccn1. The number of aromatic nitrogens is 1. The third-order valence-corrected chi connectivity index (χ3v) is 2.29. The van der Waals surface area contributed by atoms with Crippen molar-refractivity contribution in [2.75, 3.05) is 0 Å². The number of benzene rings is 1. The Hall–Kier alpha value is -2.23. The number of hydrogen-bond donors (Lipinski definition) is 0. The van der Waals surface area contributed by atoms with Crippen LogP contribution in [0.2, 0.25) is 0 Å². The lowest BCUT2D eigenvalue weighted by molar-refractivity contribution is -0.518. The molecule has 2 rings (SSSR count). The molecule has 0 aliphatic heterocycles. The summed E-state index contributed by atoms with van der Waals surface area (Å²) in [5, 5.41) is 11.1. The number of nitrogens with zero attached hydrogens (tertiary/aromatic N) is 2. The zero-order valence-electron chi connectivity index (χ0n) is 8.48. The Bertz CT molecular complexity index is 431. The molecular formula is C12H10N2O2. The van der Waals surface area contributed by atoms with Gasteiger partial charge in [0.15, 0.2) is 0 Å². The van der Waals surface area contributed by atoms with E-state index in [2.05, 4.69) is 4.98 Å². The van der Waals surface area contributed by atoms with E-state index in [0.717, 1.165) is 0 Å². The summed E-state index contributed by atoms with van der Waals surface area (Å²) in [6.45, 7) is 0. The lowest BCUT2D eigenvalue weighted by atomic mass is 10.0. The smallest absolute Gasteiger partial charge is 0.263 e. The van der Waals surface area contributed by atoms with Crippen molar-refractivity contribution in [2.24, 2.45) is 0 Å². The Labute approximate surface area is 92.7 Å². The maximum atomic E-state index is 11.1. The van der Waals surface area contributed by atoms with Gasteiger partial charge in [-0.15, -0.1) is 0 Å². The van der Waals surface area contributed by atoms with E-state index in [0.29, 0.717) is 11.3 Å². The third kappa shape index (κ3) is 2.06. The van der Waals surface area contributed by atoms with E-state index < -0.39 is 6.04 Å². The summed E-state index contributed by atoms with van der Waals surface area (Å²) in [6, 6.07) is 13.2. The first kappa shape index (κ1) is 10.3. The van der Waals surface area contributed by atoms with Crippen LogP contribution in [0.25, 0.3) is 0 Å². The van der Waals surface area contributed by atoms with Crippen LogP contribution in [0, 0.1) is 10.1 Å². The fourth-order valence-electron chi connectivity index (χ4n) is 1.57. The maximum absolute atomic E-state index is 11.1. The Morgan fingerprint density at radius 2 is 1.75 bits per heavy atom. The van der Waals surface area contributed by atoms with Crippen LogP contribution in [-0.2, 0) is 0 Å². The lowest BCUT2D eigenvalue weighted by Gasteiger charge is -2.08. The Kier molecular flexibility index (Phi) is 2.91. The fourth-order valence-corrected chi connectivity index (χ4v) is 1.57. The summed E-state index contributed by atoms with van der Waals surface area (Å²) < 4.78 is 0. The Morgan fingerprint density at radius 3 is 2.31 bits per heavy atom. The van der Waals surface area contributed by atoms with Gasteiger partial charge < -0.3 is 0 Å². The van der Waals surface area contributed by atoms with Gasteiger partial charge in [-0.1, -0.05) is 36.4 Å². The van der Waals surface area contributed by atoms with Gasteiger partial charge in [0.25, 0.3) is 6.04 Å². The van der Waals surface area contributed by atoms with E-state index in [1.165, 1.54) is 0 Å². The molecule has 0 radical (unpaired) electrons. The molecule has 1 unspecified atom stereocenters. The lowest BCUT2D eigenvalue weighted by Crippen LogP contribution is -2.13. The monoisotopic (exact) mass is 214 g/mol. The van der Waals surface area contributed by atoms with Crippen molar-refractivity contribution in [1.82, 2.24) is 4.98 Å². The third-order valence-electron chi connectivity index (χ3n) is 2.29. The van der Waals surface area contributed by atoms with Crippen molar-refractivity contribution in [2.45, 2.75) is 6.04 Å². The molecule has 1 aromatic heterocycles. The summed E-state index contributed by atoms with van der Waals surface area (Å²) in [4.78, 5) is 14.8. The molecule has 80 valence electrons. The molecule has 0 spiro atoms. The van der Waals surface area contributed by atoms with Crippen LogP contribution in [0.3, 0.4) is 0 Å². The second kappa shape index (κ2) is 4.53. The molecule has 4 heteroatoms. The maximum Gasteiger partial charge on any atom is 0.279 e. The van der Waals surface area contributed by atoms with Gasteiger partial charge in [-0.05, 0) is 12.1 Å². The van der Waals surface area contributed by atoms with Gasteiger partial charge in [-0.3, -0.25) is 15.1 Å². The van der Waals surface area contributed by atoms with Gasteiger partial charge in [-0.2, -0.15) is 0 Å². The van der Waals surface area contributed by atoms with Crippen LogP contribution in [-0.4, -0.2) is 9.91 Å². The summed E-state index contributed by atoms with van der Waals surface area (Å²) in [6.07, 6.45) is 1.56. The van der Waals surface area contributed by atoms with Crippen molar-refractivity contribution in [1.29, 1.82) is 0 Å². The highest BCUT2D eigenvalue weighted by atomic mass is 16.6. The largest absolute Gasteiger partial charge is 0.279 e. The van der Waals surface area contributed by atoms with Crippen LogP contribution in [0.4, 0.5) is 0 Å². The molecule has 0 fully saturated rings. The molecule has 0 aliphatic carbocycles. The highest BCUT2D eigenvalue weighted by Crippen LogP contribution is 2.22. The minimum Gasteiger partial charge on any atom is -0.263 e. The second-order valence-corrected chi connectivity index (χ2v) is 3.35. The second-order valence-electron chi connectivity index (χ2n) is 3.35. The molecule has 0 amide bonds. The Morgan fingerprint density at radius 1 is 1.06 bits per heavy atom. The molecular weight excluding hydrogens is 204 g/mol. The quantitative estimate of drug-likeness (QED) is 0.582. The van der Waals surface area contributed by atoms with Gasteiger partial charge in [0.2, 0.25) is 0 Å². The molecule has 16 heavy (non-hydrogen) atoms. The number of pyridine rings is 1. The standard InChI is InChI=1S/C12H10N2O2/c15-14(16)12(10-6-2-1-3-7-10)11-8-4-5-9-13-11/h1-9,12H. The van der Waals surface area contributed by atoms with Crippen LogP contribution < -0.4 is 0 Å². The van der Waals surface area contributed by atoms with Crippen molar-refractivity contribution >= 4 is 0 Å². The minimum absolute atomic E-state index is 0.322. The number of hydrogen-bond acceptors (Lipinski definition) is 3. The first-order valence-electron chi connectivity index (χ1n) is 4.88. The average Bonchev–Trinajstić information content (AvgIpc) is 2.31. The van der Waals surface area contributed by atoms with Gasteiger partial charge >= 0.3 is 0 Å². The highest BCUT2D eigenvalue weighted by molar-refractivity contribution is 5.25. The van der Waals surface area contributed by atoms with Crippen molar-refractivity contribution in [3.63, 3.8) is 0 Å². The summed E-state index contributed by atoms with van der Waals surface area (Å²) in [5.41, 5.74) is 1.10. The van der Waals surface area contributed by atoms with E-state index in [1.807, 2.05) is 6.07 Å². The van der Waals surface area contributed by atoms with E-state index in [1.54, 1.807) is 48.7 Å². The predicted molar refractivity (Wildman–Crippen MR) is 59.5 cm³/mol. The molecule has 0 saturated carbocycles. The molecule has 4 nitrogen and oxygen atoms in total. The molecule has 0 aliphatic rings. The topological polar surface area (TPSA) is 56.0 Å². The molecule has 0 bridgehead atoms. The zero-order chi connectivity index (χ0) is 11.4. The normalized spacial score (nSPS) is 12.0. The molecule has 1 heterocycles. The summed E-state index contributed by atoms with van der Waals surface area (Å²) >= 11 is 0. The molecule has 1 aromatic carbocycles. The van der Waals surface area contributed by atoms with E-state index in [4.69, 9.17) is 0 Å². The van der Waals surface area contributed by atoms with Gasteiger partial charge in [0, 0.05) is 16.7 Å². The van der Waals surface area contributed by atoms with Gasteiger partial charge in [0.1, 0.15) is 5.69 Å². The zero-order valence-corrected chi connectivity index (χ0v) is 8.48. The van der Waals surface area contributed by atoms with Gasteiger partial charge in [0.05, 0.1) is 0 Å². The fraction of sp³-hybridized carbons (Fsp3) is 0.0833. The predicted octanol–water partition coefficient (Wildman–Crippen LogP) is 2.45. The van der Waals surface area contributed by atoms with E-state index in [-0.39, 0.29) is 4.92 Å². The van der Waals surface area contributed by atoms with Crippen molar-refractivity contribution < 1.29 is 4.92 Å². The molecule has 0 saturated heterocycles. The molecule has 0 N–H and O–H groups in total. The van der Waals surface area contributed by atoms with Crippen LogP contribution in [0.1, 0.15) is 17.3 Å². The van der Waals surface area contributed by atoms with E-state index >= 15 is 0 Å². The van der Waals surface area contributed by atoms with Crippen LogP contribution >= 0.6 is 0 Å². The number of nitro groups is 1. The van der Waals surface area contributed by atoms with Crippen LogP contribution in [0.5, 0.6) is 0 Å². The van der Waals surface area contributed by atoms with Crippen LogP contribution in [0.15, 0.2) is 54.7 Å².